The molecule has 1 saturated heterocycles. The van der Waals surface area contributed by atoms with Gasteiger partial charge in [0, 0.05) is 13.1 Å². The van der Waals surface area contributed by atoms with Gasteiger partial charge in [-0.05, 0) is 19.2 Å². The fourth-order valence-corrected chi connectivity index (χ4v) is 3.21. The van der Waals surface area contributed by atoms with E-state index >= 15 is 0 Å². The van der Waals surface area contributed by atoms with Gasteiger partial charge in [0.05, 0.1) is 42.6 Å². The van der Waals surface area contributed by atoms with E-state index in [0.29, 0.717) is 18.0 Å². The maximum absolute atomic E-state index is 12.4. The number of rotatable bonds is 4. The Kier molecular flexibility index (Phi) is 4.81. The number of nitrogens with zero attached hydrogens (tertiary/aromatic N) is 3. The highest BCUT2D eigenvalue weighted by Gasteiger charge is 2.28. The average Bonchev–Trinajstić information content (AvgIpc) is 2.46. The number of likely N-dealkylation sites (N-methyl/N-ethyl adjacent to an activating group) is 1. The molecule has 0 amide bonds. The Morgan fingerprint density at radius 3 is 2.50 bits per heavy atom. The smallest absolute Gasteiger partial charge is 0.315 e. The Hall–Kier alpha value is -1.35. The summed E-state index contributed by atoms with van der Waals surface area (Å²) in [4.78, 5) is 13.0. The van der Waals surface area contributed by atoms with Crippen molar-refractivity contribution in [2.45, 2.75) is 4.90 Å². The lowest BCUT2D eigenvalue weighted by molar-refractivity contribution is -0.386. The van der Waals surface area contributed by atoms with Crippen molar-refractivity contribution in [2.24, 2.45) is 0 Å². The van der Waals surface area contributed by atoms with Crippen LogP contribution in [0.25, 0.3) is 0 Å². The van der Waals surface area contributed by atoms with Gasteiger partial charge in [0.1, 0.15) is 0 Å². The molecular formula is C12H17N3O4S. The van der Waals surface area contributed by atoms with E-state index in [9.17, 15) is 14.7 Å². The molecule has 7 nitrogen and oxygen atoms in total. The molecule has 1 atom stereocenters. The van der Waals surface area contributed by atoms with E-state index in [2.05, 4.69) is 4.90 Å². The summed E-state index contributed by atoms with van der Waals surface area (Å²) in [5.74, 6) is 0.175. The lowest BCUT2D eigenvalue weighted by Crippen LogP contribution is -2.47. The lowest BCUT2D eigenvalue weighted by atomic mass is 10.3. The molecule has 1 heterocycles. The van der Waals surface area contributed by atoms with E-state index < -0.39 is 16.3 Å². The van der Waals surface area contributed by atoms with Gasteiger partial charge < -0.3 is 14.2 Å². The summed E-state index contributed by atoms with van der Waals surface area (Å²) in [6, 6.07) is 4.43. The second-order valence-corrected chi connectivity index (χ2v) is 6.06. The molecule has 0 N–H and O–H groups in total. The minimum absolute atomic E-state index is 0.160. The molecular weight excluding hydrogens is 282 g/mol. The van der Waals surface area contributed by atoms with Gasteiger partial charge in [-0.15, -0.1) is 4.31 Å². The van der Waals surface area contributed by atoms with Gasteiger partial charge in [-0.3, -0.25) is 10.1 Å². The van der Waals surface area contributed by atoms with Crippen LogP contribution in [0.15, 0.2) is 23.1 Å². The quantitative estimate of drug-likeness (QED) is 0.466. The first-order valence-corrected chi connectivity index (χ1v) is 7.31. The molecule has 1 aliphatic rings. The Bertz CT molecular complexity index is 492. The van der Waals surface area contributed by atoms with Crippen LogP contribution >= 0.6 is 0 Å². The fraction of sp³-hybridized carbons (Fsp3) is 0.500. The standard InChI is InChI=1S/C12H17N3O4S/c1-13-5-7-14(8-6-13)20(18)10-3-4-12(19-2)11(9-10)15(16)17/h3-4,9H,5-8H2,1-2H3. The molecule has 0 spiro atoms. The predicted octanol–water partition coefficient (Wildman–Crippen LogP) is 0.873. The highest BCUT2D eigenvalue weighted by atomic mass is 32.2. The van der Waals surface area contributed by atoms with Crippen molar-refractivity contribution in [1.82, 2.24) is 9.21 Å². The molecule has 8 heteroatoms. The number of nitro benzene ring substituents is 1. The molecule has 110 valence electrons. The number of benzene rings is 1. The Labute approximate surface area is 120 Å². The summed E-state index contributed by atoms with van der Waals surface area (Å²) >= 11 is -1.38. The number of hydrogen-bond acceptors (Lipinski definition) is 6. The topological polar surface area (TPSA) is 81.9 Å². The minimum atomic E-state index is -1.38. The van der Waals surface area contributed by atoms with E-state index in [0.717, 1.165) is 13.1 Å². The van der Waals surface area contributed by atoms with E-state index in [1.165, 1.54) is 19.2 Å². The van der Waals surface area contributed by atoms with Gasteiger partial charge in [-0.1, -0.05) is 0 Å². The van der Waals surface area contributed by atoms with Crippen molar-refractivity contribution >= 4 is 17.0 Å². The van der Waals surface area contributed by atoms with Crippen LogP contribution in [-0.2, 0) is 11.4 Å². The van der Waals surface area contributed by atoms with Gasteiger partial charge in [0.2, 0.25) is 0 Å². The van der Waals surface area contributed by atoms with Crippen LogP contribution < -0.4 is 4.74 Å². The van der Waals surface area contributed by atoms with Crippen molar-refractivity contribution in [3.8, 4) is 5.75 Å². The zero-order valence-corrected chi connectivity index (χ0v) is 12.3. The Balaban J connectivity index is 2.19. The molecule has 1 aromatic rings. The van der Waals surface area contributed by atoms with Gasteiger partial charge in [0.15, 0.2) is 10.6 Å². The molecule has 0 radical (unpaired) electrons. The summed E-state index contributed by atoms with van der Waals surface area (Å²) in [5, 5.41) is 11.0. The number of hydrogen-bond donors (Lipinski definition) is 0. The van der Waals surface area contributed by atoms with Crippen LogP contribution in [0.1, 0.15) is 0 Å². The van der Waals surface area contributed by atoms with Crippen molar-refractivity contribution in [1.29, 1.82) is 0 Å². The summed E-state index contributed by atoms with van der Waals surface area (Å²) in [6.07, 6.45) is 0. The Morgan fingerprint density at radius 1 is 1.30 bits per heavy atom. The van der Waals surface area contributed by atoms with Crippen molar-refractivity contribution in [3.05, 3.63) is 28.3 Å². The molecule has 20 heavy (non-hydrogen) atoms. The maximum atomic E-state index is 12.4. The normalized spacial score (nSPS) is 18.8. The van der Waals surface area contributed by atoms with Crippen LogP contribution in [0.3, 0.4) is 0 Å². The zero-order valence-electron chi connectivity index (χ0n) is 11.4. The average molecular weight is 299 g/mol. The van der Waals surface area contributed by atoms with Crippen LogP contribution in [0.4, 0.5) is 5.69 Å². The predicted molar refractivity (Wildman–Crippen MR) is 75.1 cm³/mol. The highest BCUT2D eigenvalue weighted by molar-refractivity contribution is 7.89. The first-order chi connectivity index (χ1) is 9.52. The first-order valence-electron chi connectivity index (χ1n) is 6.20. The summed E-state index contributed by atoms with van der Waals surface area (Å²) in [5.41, 5.74) is -0.160. The lowest BCUT2D eigenvalue weighted by Gasteiger charge is -2.31. The van der Waals surface area contributed by atoms with Crippen LogP contribution in [0.5, 0.6) is 5.75 Å². The minimum Gasteiger partial charge on any atom is -0.593 e. The number of piperazine rings is 1. The van der Waals surface area contributed by atoms with Crippen molar-refractivity contribution in [3.63, 3.8) is 0 Å². The molecule has 0 saturated carbocycles. The molecule has 0 aliphatic carbocycles. The van der Waals surface area contributed by atoms with Gasteiger partial charge in [-0.25, -0.2) is 0 Å². The summed E-state index contributed by atoms with van der Waals surface area (Å²) in [7, 11) is 3.39. The largest absolute Gasteiger partial charge is 0.593 e. The van der Waals surface area contributed by atoms with Crippen LogP contribution in [0.2, 0.25) is 0 Å². The maximum Gasteiger partial charge on any atom is 0.315 e. The third kappa shape index (κ3) is 3.21. The van der Waals surface area contributed by atoms with Crippen molar-refractivity contribution in [2.75, 3.05) is 40.3 Å². The highest BCUT2D eigenvalue weighted by Crippen LogP contribution is 2.30. The SMILES string of the molecule is COc1ccc([S+]([O-])N2CCN(C)CC2)cc1[N+](=O)[O-]. The van der Waals surface area contributed by atoms with E-state index in [1.54, 1.807) is 6.07 Å². The third-order valence-corrected chi connectivity index (χ3v) is 4.74. The molecule has 1 unspecified atom stereocenters. The third-order valence-electron chi connectivity index (χ3n) is 3.25. The summed E-state index contributed by atoms with van der Waals surface area (Å²) < 4.78 is 19.2. The van der Waals surface area contributed by atoms with Gasteiger partial charge >= 0.3 is 5.69 Å². The van der Waals surface area contributed by atoms with Crippen LogP contribution in [-0.4, -0.2) is 59.0 Å². The van der Waals surface area contributed by atoms with E-state index in [-0.39, 0.29) is 11.4 Å². The molecule has 0 aromatic heterocycles. The van der Waals surface area contributed by atoms with Crippen molar-refractivity contribution < 1.29 is 14.2 Å². The number of nitro groups is 1. The second-order valence-electron chi connectivity index (χ2n) is 4.57. The van der Waals surface area contributed by atoms with Crippen LogP contribution in [0, 0.1) is 10.1 Å². The number of methoxy groups -OCH3 is 1. The number of ether oxygens (including phenoxy) is 1. The zero-order chi connectivity index (χ0) is 14.7. The first kappa shape index (κ1) is 15.0. The molecule has 0 bridgehead atoms. The summed E-state index contributed by atoms with van der Waals surface area (Å²) in [6.45, 7) is 3.04. The van der Waals surface area contributed by atoms with Gasteiger partial charge in [0.25, 0.3) is 0 Å². The van der Waals surface area contributed by atoms with E-state index in [4.69, 9.17) is 4.74 Å². The fourth-order valence-electron chi connectivity index (χ4n) is 2.02. The van der Waals surface area contributed by atoms with E-state index in [1.807, 2.05) is 11.4 Å². The molecule has 1 aliphatic heterocycles. The monoisotopic (exact) mass is 299 g/mol. The van der Waals surface area contributed by atoms with Gasteiger partial charge in [-0.2, -0.15) is 0 Å². The molecule has 1 fully saturated rings. The molecule has 2 rings (SSSR count). The second kappa shape index (κ2) is 6.40. The molecule has 1 aromatic carbocycles. The Morgan fingerprint density at radius 2 is 1.95 bits per heavy atom.